The van der Waals surface area contributed by atoms with Crippen molar-refractivity contribution in [3.8, 4) is 0 Å². The molecule has 0 amide bonds. The Morgan fingerprint density at radius 3 is 2.79 bits per heavy atom. The van der Waals surface area contributed by atoms with Crippen LogP contribution in [0, 0.1) is 29.1 Å². The van der Waals surface area contributed by atoms with Crippen LogP contribution in [-0.2, 0) is 0 Å². The van der Waals surface area contributed by atoms with Crippen molar-refractivity contribution in [1.82, 2.24) is 0 Å². The lowest BCUT2D eigenvalue weighted by atomic mass is 9.52. The fourth-order valence-electron chi connectivity index (χ4n) is 7.36. The van der Waals surface area contributed by atoms with E-state index in [2.05, 4.69) is 20.4 Å². The maximum Gasteiger partial charge on any atom is 0.0580 e. The zero-order valence-corrected chi connectivity index (χ0v) is 15.8. The Kier molecular flexibility index (Phi) is 4.44. The lowest BCUT2D eigenvalue weighted by Gasteiger charge is -2.52. The number of hydrogen-bond donors (Lipinski definition) is 1. The number of allylic oxidation sites excluding steroid dienone is 2. The Balaban J connectivity index is 1.57. The highest BCUT2D eigenvalue weighted by Crippen LogP contribution is 2.64. The zero-order valence-electron chi connectivity index (χ0n) is 15.8. The average molecular weight is 329 g/mol. The first-order chi connectivity index (χ1) is 11.5. The summed E-state index contributed by atoms with van der Waals surface area (Å²) in [6.45, 7) is 9.41. The summed E-state index contributed by atoms with van der Waals surface area (Å²) in [4.78, 5) is 0. The van der Waals surface area contributed by atoms with E-state index < -0.39 is 0 Å². The van der Waals surface area contributed by atoms with Crippen molar-refractivity contribution >= 4 is 0 Å². The molecule has 0 saturated heterocycles. The van der Waals surface area contributed by atoms with Gasteiger partial charge < -0.3 is 5.11 Å². The summed E-state index contributed by atoms with van der Waals surface area (Å²) < 4.78 is 0. The molecule has 6 unspecified atom stereocenters. The average Bonchev–Trinajstić information content (AvgIpc) is 2.92. The first-order valence-electron chi connectivity index (χ1n) is 10.6. The predicted molar refractivity (Wildman–Crippen MR) is 101 cm³/mol. The SMILES string of the molecule is C=C(CCC)C1CCC2C3CCC4=C(CCC(O)C4)C3CCC12C. The third-order valence-corrected chi connectivity index (χ3v) is 8.41. The van der Waals surface area contributed by atoms with Crippen LogP contribution in [0.5, 0.6) is 0 Å². The number of aliphatic hydroxyl groups is 1. The molecule has 1 N–H and O–H groups in total. The second kappa shape index (κ2) is 6.31. The van der Waals surface area contributed by atoms with Gasteiger partial charge in [0.15, 0.2) is 0 Å². The highest BCUT2D eigenvalue weighted by molar-refractivity contribution is 5.28. The van der Waals surface area contributed by atoms with E-state index in [4.69, 9.17) is 0 Å². The van der Waals surface area contributed by atoms with E-state index in [0.717, 1.165) is 36.5 Å². The van der Waals surface area contributed by atoms with Crippen molar-refractivity contribution in [2.24, 2.45) is 29.1 Å². The Hall–Kier alpha value is -0.560. The number of fused-ring (bicyclic) bond motifs is 4. The van der Waals surface area contributed by atoms with Crippen LogP contribution in [0.4, 0.5) is 0 Å². The molecule has 0 bridgehead atoms. The molecular formula is C23H36O. The number of rotatable bonds is 3. The van der Waals surface area contributed by atoms with E-state index in [0.29, 0.717) is 5.41 Å². The predicted octanol–water partition coefficient (Wildman–Crippen LogP) is 6.04. The maximum atomic E-state index is 10.0. The van der Waals surface area contributed by atoms with Gasteiger partial charge in [0, 0.05) is 0 Å². The minimum absolute atomic E-state index is 0.0533. The molecule has 0 aliphatic heterocycles. The van der Waals surface area contributed by atoms with Gasteiger partial charge in [-0.2, -0.15) is 0 Å². The summed E-state index contributed by atoms with van der Waals surface area (Å²) in [5.41, 5.74) is 5.54. The molecule has 0 spiro atoms. The molecule has 6 atom stereocenters. The number of aliphatic hydroxyl groups excluding tert-OH is 1. The van der Waals surface area contributed by atoms with E-state index in [1.165, 1.54) is 57.8 Å². The van der Waals surface area contributed by atoms with Gasteiger partial charge in [-0.15, -0.1) is 0 Å². The van der Waals surface area contributed by atoms with Gasteiger partial charge in [0.05, 0.1) is 6.10 Å². The highest BCUT2D eigenvalue weighted by atomic mass is 16.3. The molecule has 0 aromatic rings. The summed E-state index contributed by atoms with van der Waals surface area (Å²) in [5, 5.41) is 10.0. The van der Waals surface area contributed by atoms with Gasteiger partial charge in [-0.25, -0.2) is 0 Å². The summed E-state index contributed by atoms with van der Waals surface area (Å²) in [6, 6.07) is 0. The van der Waals surface area contributed by atoms with Gasteiger partial charge in [0.1, 0.15) is 0 Å². The Morgan fingerprint density at radius 1 is 1.17 bits per heavy atom. The molecule has 4 aliphatic carbocycles. The van der Waals surface area contributed by atoms with Crippen LogP contribution in [0.3, 0.4) is 0 Å². The van der Waals surface area contributed by atoms with Crippen LogP contribution in [0.2, 0.25) is 0 Å². The van der Waals surface area contributed by atoms with Crippen LogP contribution in [0.15, 0.2) is 23.3 Å². The minimum Gasteiger partial charge on any atom is -0.393 e. The van der Waals surface area contributed by atoms with Crippen LogP contribution < -0.4 is 0 Å². The van der Waals surface area contributed by atoms with E-state index >= 15 is 0 Å². The molecule has 134 valence electrons. The molecule has 0 aromatic heterocycles. The Labute approximate surface area is 148 Å². The molecular weight excluding hydrogens is 292 g/mol. The standard InChI is InChI=1S/C23H36O/c1-4-5-15(2)21-10-11-22-20-8-6-16-14-17(24)7-9-18(16)19(20)12-13-23(21,22)3/h17,19-22,24H,2,4-14H2,1,3H3. The smallest absolute Gasteiger partial charge is 0.0580 e. The fraction of sp³-hybridized carbons (Fsp3) is 0.826. The van der Waals surface area contributed by atoms with E-state index in [9.17, 15) is 5.11 Å². The molecule has 4 rings (SSSR count). The van der Waals surface area contributed by atoms with Gasteiger partial charge in [-0.05, 0) is 93.3 Å². The van der Waals surface area contributed by atoms with Crippen molar-refractivity contribution in [3.05, 3.63) is 23.3 Å². The van der Waals surface area contributed by atoms with Gasteiger partial charge in [-0.3, -0.25) is 0 Å². The van der Waals surface area contributed by atoms with Crippen LogP contribution >= 0.6 is 0 Å². The highest BCUT2D eigenvalue weighted by Gasteiger charge is 2.55. The summed E-state index contributed by atoms with van der Waals surface area (Å²) in [7, 11) is 0. The molecule has 0 aromatic carbocycles. The fourth-order valence-corrected chi connectivity index (χ4v) is 7.36. The second-order valence-corrected chi connectivity index (χ2v) is 9.52. The molecule has 2 saturated carbocycles. The second-order valence-electron chi connectivity index (χ2n) is 9.52. The monoisotopic (exact) mass is 328 g/mol. The van der Waals surface area contributed by atoms with Crippen LogP contribution in [-0.4, -0.2) is 11.2 Å². The quantitative estimate of drug-likeness (QED) is 0.626. The molecule has 0 heterocycles. The normalized spacial score (nSPS) is 44.7. The van der Waals surface area contributed by atoms with Gasteiger partial charge >= 0.3 is 0 Å². The lowest BCUT2D eigenvalue weighted by molar-refractivity contribution is 0.0182. The molecule has 1 nitrogen and oxygen atoms in total. The summed E-state index contributed by atoms with van der Waals surface area (Å²) in [5.74, 6) is 3.50. The van der Waals surface area contributed by atoms with Crippen molar-refractivity contribution < 1.29 is 5.11 Å². The van der Waals surface area contributed by atoms with Gasteiger partial charge in [0.25, 0.3) is 0 Å². The van der Waals surface area contributed by atoms with E-state index in [1.807, 2.05) is 0 Å². The third-order valence-electron chi connectivity index (χ3n) is 8.41. The minimum atomic E-state index is -0.0533. The van der Waals surface area contributed by atoms with Gasteiger partial charge in [-0.1, -0.05) is 43.6 Å². The van der Waals surface area contributed by atoms with Crippen molar-refractivity contribution in [3.63, 3.8) is 0 Å². The van der Waals surface area contributed by atoms with Gasteiger partial charge in [0.2, 0.25) is 0 Å². The molecule has 1 heteroatoms. The third kappa shape index (κ3) is 2.54. The van der Waals surface area contributed by atoms with E-state index in [1.54, 1.807) is 16.7 Å². The Bertz CT molecular complexity index is 544. The summed E-state index contributed by atoms with van der Waals surface area (Å²) >= 11 is 0. The molecule has 2 fully saturated rings. The topological polar surface area (TPSA) is 20.2 Å². The largest absolute Gasteiger partial charge is 0.393 e. The lowest BCUT2D eigenvalue weighted by Crippen LogP contribution is -2.44. The molecule has 24 heavy (non-hydrogen) atoms. The van der Waals surface area contributed by atoms with Crippen molar-refractivity contribution in [2.75, 3.05) is 0 Å². The van der Waals surface area contributed by atoms with E-state index in [-0.39, 0.29) is 6.10 Å². The number of hydrogen-bond acceptors (Lipinski definition) is 1. The molecule has 4 aliphatic rings. The Morgan fingerprint density at radius 2 is 2.00 bits per heavy atom. The van der Waals surface area contributed by atoms with Crippen LogP contribution in [0.25, 0.3) is 0 Å². The maximum absolute atomic E-state index is 10.0. The zero-order chi connectivity index (χ0) is 16.9. The van der Waals surface area contributed by atoms with Crippen molar-refractivity contribution in [2.45, 2.75) is 90.6 Å². The molecule has 0 radical (unpaired) electrons. The first kappa shape index (κ1) is 16.9. The summed E-state index contributed by atoms with van der Waals surface area (Å²) in [6.07, 6.45) is 13.9. The first-order valence-corrected chi connectivity index (χ1v) is 10.6. The van der Waals surface area contributed by atoms with Crippen molar-refractivity contribution in [1.29, 1.82) is 0 Å². The van der Waals surface area contributed by atoms with Crippen LogP contribution in [0.1, 0.15) is 84.5 Å².